The Morgan fingerprint density at radius 3 is 2.58 bits per heavy atom. The van der Waals surface area contributed by atoms with Crippen LogP contribution in [0.15, 0.2) is 47.5 Å². The molecule has 178 valence electrons. The van der Waals surface area contributed by atoms with Crippen LogP contribution in [0.25, 0.3) is 11.3 Å². The van der Waals surface area contributed by atoms with Gasteiger partial charge in [-0.3, -0.25) is 10.2 Å². The van der Waals surface area contributed by atoms with Gasteiger partial charge in [0.15, 0.2) is 0 Å². The summed E-state index contributed by atoms with van der Waals surface area (Å²) in [4.78, 5) is 10.5. The van der Waals surface area contributed by atoms with Crippen LogP contribution in [-0.2, 0) is 4.79 Å². The SMILES string of the molecule is CCCCN(C)NC(C)=O.Cc1nn(-c2ccc(Cl)cc2Cl)c(C2=CC=C(Cl)C=CC2)c1C. The number of hydrazine groups is 1. The first-order valence-corrected chi connectivity index (χ1v) is 12.0. The number of nitrogens with one attached hydrogen (secondary N) is 1. The van der Waals surface area contributed by atoms with E-state index in [1.807, 2.05) is 60.1 Å². The predicted molar refractivity (Wildman–Crippen MR) is 140 cm³/mol. The number of aryl methyl sites for hydroxylation is 1. The van der Waals surface area contributed by atoms with E-state index in [-0.39, 0.29) is 5.91 Å². The van der Waals surface area contributed by atoms with E-state index >= 15 is 0 Å². The molecule has 0 atom stereocenters. The quantitative estimate of drug-likeness (QED) is 0.425. The maximum absolute atomic E-state index is 10.5. The smallest absolute Gasteiger partial charge is 0.231 e. The molecule has 5 nitrogen and oxygen atoms in total. The Hall–Kier alpha value is -2.05. The molecule has 0 unspecified atom stereocenters. The molecule has 33 heavy (non-hydrogen) atoms. The highest BCUT2D eigenvalue weighted by Gasteiger charge is 2.18. The van der Waals surface area contributed by atoms with Gasteiger partial charge < -0.3 is 0 Å². The molecule has 0 fully saturated rings. The zero-order chi connectivity index (χ0) is 24.5. The van der Waals surface area contributed by atoms with E-state index in [0.29, 0.717) is 15.1 Å². The Labute approximate surface area is 211 Å². The fraction of sp³-hybridized carbons (Fsp3) is 0.360. The number of hydrogen-bond acceptors (Lipinski definition) is 3. The van der Waals surface area contributed by atoms with Crippen LogP contribution in [0.2, 0.25) is 10.0 Å². The first-order chi connectivity index (χ1) is 15.6. The van der Waals surface area contributed by atoms with Gasteiger partial charge >= 0.3 is 0 Å². The van der Waals surface area contributed by atoms with Crippen molar-refractivity contribution in [2.75, 3.05) is 13.6 Å². The molecule has 0 saturated carbocycles. The number of allylic oxidation sites excluding steroid dienone is 6. The average molecular weight is 510 g/mol. The lowest BCUT2D eigenvalue weighted by Crippen LogP contribution is -2.38. The second-order valence-corrected chi connectivity index (χ2v) is 9.14. The average Bonchev–Trinajstić information content (AvgIpc) is 2.89. The zero-order valence-corrected chi connectivity index (χ0v) is 22.0. The number of amides is 1. The molecule has 1 N–H and O–H groups in total. The van der Waals surface area contributed by atoms with Gasteiger partial charge in [-0.15, -0.1) is 0 Å². The van der Waals surface area contributed by atoms with Crippen molar-refractivity contribution in [3.63, 3.8) is 0 Å². The van der Waals surface area contributed by atoms with Crippen molar-refractivity contribution < 1.29 is 4.79 Å². The zero-order valence-electron chi connectivity index (χ0n) is 19.8. The monoisotopic (exact) mass is 508 g/mol. The van der Waals surface area contributed by atoms with E-state index in [4.69, 9.17) is 34.8 Å². The third-order valence-corrected chi connectivity index (χ3v) is 5.85. The van der Waals surface area contributed by atoms with Crippen molar-refractivity contribution in [1.29, 1.82) is 0 Å². The number of carbonyl (C=O) groups is 1. The summed E-state index contributed by atoms with van der Waals surface area (Å²) in [5.74, 6) is -0.00129. The Morgan fingerprint density at radius 2 is 1.94 bits per heavy atom. The van der Waals surface area contributed by atoms with Crippen LogP contribution in [0.1, 0.15) is 50.1 Å². The normalized spacial score (nSPS) is 13.1. The molecule has 1 aliphatic rings. The van der Waals surface area contributed by atoms with Gasteiger partial charge in [0, 0.05) is 30.6 Å². The largest absolute Gasteiger partial charge is 0.289 e. The topological polar surface area (TPSA) is 50.2 Å². The van der Waals surface area contributed by atoms with Crippen molar-refractivity contribution in [3.8, 4) is 5.69 Å². The molecule has 0 bridgehead atoms. The lowest BCUT2D eigenvalue weighted by Gasteiger charge is -2.15. The number of benzene rings is 1. The summed E-state index contributed by atoms with van der Waals surface area (Å²) >= 11 is 18.5. The molecule has 0 aliphatic heterocycles. The van der Waals surface area contributed by atoms with E-state index in [2.05, 4.69) is 24.4 Å². The van der Waals surface area contributed by atoms with Gasteiger partial charge in [0.25, 0.3) is 0 Å². The molecule has 3 rings (SSSR count). The summed E-state index contributed by atoms with van der Waals surface area (Å²) < 4.78 is 1.88. The molecule has 0 radical (unpaired) electrons. The van der Waals surface area contributed by atoms with Crippen molar-refractivity contribution >= 4 is 46.3 Å². The van der Waals surface area contributed by atoms with Crippen LogP contribution in [-0.4, -0.2) is 34.3 Å². The number of hydrogen-bond donors (Lipinski definition) is 1. The third kappa shape index (κ3) is 8.04. The Balaban J connectivity index is 0.000000328. The molecule has 2 aromatic rings. The maximum Gasteiger partial charge on any atom is 0.231 e. The minimum Gasteiger partial charge on any atom is -0.289 e. The highest BCUT2D eigenvalue weighted by Crippen LogP contribution is 2.32. The molecular formula is C25H31Cl3N4O. The standard InChI is InChI=1S/C18H15Cl3N2.C7H16N2O/c1-11-12(2)22-23(17-9-8-15(20)10-16(17)21)18(11)13-4-3-5-14(19)7-6-13;1-4-5-6-9(3)8-7(2)10/h3,5-10H,4H2,1-2H3;4-6H2,1-3H3,(H,8,10). The van der Waals surface area contributed by atoms with E-state index in [0.717, 1.165) is 54.0 Å². The Bertz CT molecular complexity index is 1070. The number of halogens is 3. The predicted octanol–water partition coefficient (Wildman–Crippen LogP) is 7.03. The molecule has 8 heteroatoms. The molecule has 1 amide bonds. The van der Waals surface area contributed by atoms with Gasteiger partial charge in [0.05, 0.1) is 22.1 Å². The van der Waals surface area contributed by atoms with Gasteiger partial charge in [0.1, 0.15) is 0 Å². The van der Waals surface area contributed by atoms with Crippen LogP contribution >= 0.6 is 34.8 Å². The van der Waals surface area contributed by atoms with Crippen molar-refractivity contribution in [3.05, 3.63) is 74.5 Å². The lowest BCUT2D eigenvalue weighted by molar-refractivity contribution is -0.123. The second-order valence-electron chi connectivity index (χ2n) is 7.86. The van der Waals surface area contributed by atoms with Crippen LogP contribution in [0.5, 0.6) is 0 Å². The number of aromatic nitrogens is 2. The van der Waals surface area contributed by atoms with Crippen LogP contribution in [0.4, 0.5) is 0 Å². The number of carbonyl (C=O) groups excluding carboxylic acids is 1. The van der Waals surface area contributed by atoms with Gasteiger partial charge in [-0.05, 0) is 68.2 Å². The molecule has 0 spiro atoms. The van der Waals surface area contributed by atoms with Crippen LogP contribution in [0.3, 0.4) is 0 Å². The van der Waals surface area contributed by atoms with E-state index in [1.54, 1.807) is 6.07 Å². The van der Waals surface area contributed by atoms with Crippen molar-refractivity contribution in [2.24, 2.45) is 0 Å². The van der Waals surface area contributed by atoms with E-state index < -0.39 is 0 Å². The summed E-state index contributed by atoms with van der Waals surface area (Å²) in [6.07, 6.45) is 10.9. The maximum atomic E-state index is 10.5. The molecule has 1 aliphatic carbocycles. The third-order valence-electron chi connectivity index (χ3n) is 5.06. The highest BCUT2D eigenvalue weighted by molar-refractivity contribution is 6.35. The summed E-state index contributed by atoms with van der Waals surface area (Å²) in [5, 5.41) is 8.36. The van der Waals surface area contributed by atoms with Gasteiger partial charge in [-0.1, -0.05) is 60.3 Å². The first kappa shape index (κ1) is 27.2. The summed E-state index contributed by atoms with van der Waals surface area (Å²) in [6, 6.07) is 5.43. The van der Waals surface area contributed by atoms with Crippen molar-refractivity contribution in [2.45, 2.75) is 47.0 Å². The minimum atomic E-state index is -0.00129. The molecule has 1 aromatic heterocycles. The van der Waals surface area contributed by atoms with Crippen LogP contribution < -0.4 is 5.43 Å². The van der Waals surface area contributed by atoms with Gasteiger partial charge in [-0.2, -0.15) is 5.10 Å². The van der Waals surface area contributed by atoms with Gasteiger partial charge in [-0.25, -0.2) is 9.69 Å². The lowest BCUT2D eigenvalue weighted by atomic mass is 10.0. The summed E-state index contributed by atoms with van der Waals surface area (Å²) in [7, 11) is 1.87. The highest BCUT2D eigenvalue weighted by atomic mass is 35.5. The van der Waals surface area contributed by atoms with E-state index in [9.17, 15) is 4.79 Å². The Morgan fingerprint density at radius 1 is 1.21 bits per heavy atom. The number of unbranched alkanes of at least 4 members (excludes halogenated alkanes) is 1. The molecule has 0 saturated heterocycles. The fourth-order valence-corrected chi connectivity index (χ4v) is 3.95. The summed E-state index contributed by atoms with van der Waals surface area (Å²) in [6.45, 7) is 8.63. The van der Waals surface area contributed by atoms with E-state index in [1.165, 1.54) is 6.92 Å². The Kier molecular flexibility index (Phi) is 10.7. The molecular weight excluding hydrogens is 479 g/mol. The minimum absolute atomic E-state index is 0.00129. The number of nitrogens with zero attached hydrogens (tertiary/aromatic N) is 3. The fourth-order valence-electron chi connectivity index (χ4n) is 3.31. The first-order valence-electron chi connectivity index (χ1n) is 10.9. The molecule has 1 heterocycles. The van der Waals surface area contributed by atoms with Gasteiger partial charge in [0.2, 0.25) is 5.91 Å². The van der Waals surface area contributed by atoms with Crippen LogP contribution in [0, 0.1) is 13.8 Å². The molecule has 1 aromatic carbocycles. The number of rotatable bonds is 6. The summed E-state index contributed by atoms with van der Waals surface area (Å²) in [5.41, 5.74) is 7.76. The second kappa shape index (κ2) is 13.0. The van der Waals surface area contributed by atoms with Crippen molar-refractivity contribution in [1.82, 2.24) is 20.2 Å².